The van der Waals surface area contributed by atoms with Gasteiger partial charge in [0.15, 0.2) is 0 Å². The number of nitrogens with one attached hydrogen (secondary N) is 1. The first-order valence-electron chi connectivity index (χ1n) is 11.8. The number of amides is 1. The molecule has 3 aromatic carbocycles. The van der Waals surface area contributed by atoms with Crippen molar-refractivity contribution in [2.45, 2.75) is 50.0 Å². The summed E-state index contributed by atoms with van der Waals surface area (Å²) in [4.78, 5) is 25.7. The summed E-state index contributed by atoms with van der Waals surface area (Å²) in [5, 5.41) is 12.8. The zero-order chi connectivity index (χ0) is 23.1. The molecule has 4 nitrogen and oxygen atoms in total. The van der Waals surface area contributed by atoms with Gasteiger partial charge in [-0.05, 0) is 35.4 Å². The lowest BCUT2D eigenvalue weighted by Gasteiger charge is -2.36. The molecule has 1 amide bonds. The van der Waals surface area contributed by atoms with E-state index in [2.05, 4.69) is 5.32 Å². The summed E-state index contributed by atoms with van der Waals surface area (Å²) in [5.41, 5.74) is 2.27. The van der Waals surface area contributed by atoms with Crippen LogP contribution in [0, 0.1) is 5.92 Å². The summed E-state index contributed by atoms with van der Waals surface area (Å²) in [5.74, 6) is -1.20. The van der Waals surface area contributed by atoms with Gasteiger partial charge in [-0.2, -0.15) is 0 Å². The molecule has 1 atom stereocenters. The zero-order valence-electron chi connectivity index (χ0n) is 18.8. The predicted octanol–water partition coefficient (Wildman–Crippen LogP) is 5.56. The number of hydrogen-bond donors (Lipinski definition) is 2. The highest BCUT2D eigenvalue weighted by Gasteiger charge is 2.40. The number of carboxylic acid groups (broad SMARTS) is 1. The number of aliphatic carboxylic acids is 1. The Balaban J connectivity index is 1.75. The highest BCUT2D eigenvalue weighted by Crippen LogP contribution is 2.42. The highest BCUT2D eigenvalue weighted by molar-refractivity contribution is 5.85. The molecule has 0 bridgehead atoms. The van der Waals surface area contributed by atoms with Crippen molar-refractivity contribution in [1.82, 2.24) is 5.32 Å². The van der Waals surface area contributed by atoms with Crippen molar-refractivity contribution in [3.05, 3.63) is 108 Å². The molecule has 0 heterocycles. The van der Waals surface area contributed by atoms with E-state index in [0.29, 0.717) is 0 Å². The van der Waals surface area contributed by atoms with E-state index >= 15 is 0 Å². The predicted molar refractivity (Wildman–Crippen MR) is 130 cm³/mol. The minimum atomic E-state index is -0.944. The van der Waals surface area contributed by atoms with Crippen molar-refractivity contribution in [2.24, 2.45) is 5.92 Å². The van der Waals surface area contributed by atoms with Gasteiger partial charge in [-0.1, -0.05) is 110 Å². The molecule has 0 spiro atoms. The van der Waals surface area contributed by atoms with Gasteiger partial charge in [0.05, 0.1) is 5.41 Å². The largest absolute Gasteiger partial charge is 0.480 e. The maximum absolute atomic E-state index is 13.6. The van der Waals surface area contributed by atoms with E-state index in [1.807, 2.05) is 91.0 Å². The lowest BCUT2D eigenvalue weighted by molar-refractivity contribution is -0.144. The molecule has 4 rings (SSSR count). The lowest BCUT2D eigenvalue weighted by atomic mass is 9.67. The Bertz CT molecular complexity index is 947. The quantitative estimate of drug-likeness (QED) is 0.450. The van der Waals surface area contributed by atoms with Crippen LogP contribution in [0.4, 0.5) is 0 Å². The van der Waals surface area contributed by atoms with Gasteiger partial charge in [-0.15, -0.1) is 0 Å². The van der Waals surface area contributed by atoms with E-state index in [1.165, 1.54) is 0 Å². The number of benzene rings is 3. The van der Waals surface area contributed by atoms with Gasteiger partial charge in [-0.3, -0.25) is 4.79 Å². The first-order valence-corrected chi connectivity index (χ1v) is 11.8. The van der Waals surface area contributed by atoms with Crippen LogP contribution in [-0.4, -0.2) is 23.0 Å². The van der Waals surface area contributed by atoms with E-state index in [-0.39, 0.29) is 18.2 Å². The van der Waals surface area contributed by atoms with Crippen LogP contribution in [0.2, 0.25) is 0 Å². The van der Waals surface area contributed by atoms with Crippen molar-refractivity contribution in [1.29, 1.82) is 0 Å². The Morgan fingerprint density at radius 2 is 1.18 bits per heavy atom. The van der Waals surface area contributed by atoms with Crippen molar-refractivity contribution < 1.29 is 14.7 Å². The molecule has 1 aliphatic carbocycles. The third kappa shape index (κ3) is 5.00. The minimum Gasteiger partial charge on any atom is -0.480 e. The molecule has 1 aliphatic rings. The Morgan fingerprint density at radius 1 is 0.758 bits per heavy atom. The van der Waals surface area contributed by atoms with E-state index < -0.39 is 17.4 Å². The minimum absolute atomic E-state index is 0.0141. The summed E-state index contributed by atoms with van der Waals surface area (Å²) in [6.45, 7) is 0. The van der Waals surface area contributed by atoms with Crippen LogP contribution < -0.4 is 5.32 Å². The Hall–Kier alpha value is -3.40. The summed E-state index contributed by atoms with van der Waals surface area (Å²) < 4.78 is 0. The van der Waals surface area contributed by atoms with Crippen LogP contribution >= 0.6 is 0 Å². The van der Waals surface area contributed by atoms with Gasteiger partial charge < -0.3 is 10.4 Å². The van der Waals surface area contributed by atoms with E-state index in [1.54, 1.807) is 0 Å². The van der Waals surface area contributed by atoms with Gasteiger partial charge in [0.2, 0.25) is 5.91 Å². The first-order chi connectivity index (χ1) is 16.1. The van der Waals surface area contributed by atoms with Crippen LogP contribution in [0.5, 0.6) is 0 Å². The fourth-order valence-electron chi connectivity index (χ4n) is 5.29. The van der Waals surface area contributed by atoms with Gasteiger partial charge in [-0.25, -0.2) is 4.79 Å². The molecule has 170 valence electrons. The Labute approximate surface area is 195 Å². The highest BCUT2D eigenvalue weighted by atomic mass is 16.4. The van der Waals surface area contributed by atoms with E-state index in [4.69, 9.17) is 0 Å². The molecule has 4 heteroatoms. The van der Waals surface area contributed by atoms with Crippen molar-refractivity contribution in [2.75, 3.05) is 0 Å². The Kier molecular flexibility index (Phi) is 7.23. The average molecular weight is 442 g/mol. The van der Waals surface area contributed by atoms with Crippen LogP contribution in [0.15, 0.2) is 91.0 Å². The molecular weight excluding hydrogens is 410 g/mol. The van der Waals surface area contributed by atoms with Crippen molar-refractivity contribution in [3.63, 3.8) is 0 Å². The van der Waals surface area contributed by atoms with Crippen molar-refractivity contribution >= 4 is 11.9 Å². The maximum Gasteiger partial charge on any atom is 0.326 e. The maximum atomic E-state index is 13.6. The van der Waals surface area contributed by atoms with Gasteiger partial charge in [0, 0.05) is 6.42 Å². The number of carbonyl (C=O) groups is 2. The SMILES string of the molecule is O=C(CC(c1ccccc1)(c1ccccc1)c1ccccc1)N[C@H](C(=O)O)C1CCCCC1. The van der Waals surface area contributed by atoms with Gasteiger partial charge in [0.25, 0.3) is 0 Å². The second kappa shape index (κ2) is 10.5. The normalized spacial score (nSPS) is 15.5. The molecule has 0 aromatic heterocycles. The molecule has 0 radical (unpaired) electrons. The molecule has 2 N–H and O–H groups in total. The average Bonchev–Trinajstić information content (AvgIpc) is 2.88. The molecule has 33 heavy (non-hydrogen) atoms. The lowest BCUT2D eigenvalue weighted by Crippen LogP contribution is -2.48. The first kappa shape index (κ1) is 22.8. The third-order valence-electron chi connectivity index (χ3n) is 6.93. The summed E-state index contributed by atoms with van der Waals surface area (Å²) in [7, 11) is 0. The smallest absolute Gasteiger partial charge is 0.326 e. The topological polar surface area (TPSA) is 66.4 Å². The second-order valence-electron chi connectivity index (χ2n) is 8.96. The second-order valence-corrected chi connectivity index (χ2v) is 8.96. The molecule has 3 aromatic rings. The summed E-state index contributed by atoms with van der Waals surface area (Å²) >= 11 is 0. The van der Waals surface area contributed by atoms with E-state index in [0.717, 1.165) is 48.8 Å². The zero-order valence-corrected chi connectivity index (χ0v) is 18.8. The molecule has 0 aliphatic heterocycles. The van der Waals surface area contributed by atoms with Crippen molar-refractivity contribution in [3.8, 4) is 0 Å². The molecule has 1 fully saturated rings. The molecule has 0 unspecified atom stereocenters. The van der Waals surface area contributed by atoms with E-state index in [9.17, 15) is 14.7 Å². The molecular formula is C29H31NO3. The van der Waals surface area contributed by atoms with Crippen LogP contribution in [0.3, 0.4) is 0 Å². The fourth-order valence-corrected chi connectivity index (χ4v) is 5.29. The van der Waals surface area contributed by atoms with Gasteiger partial charge in [0.1, 0.15) is 6.04 Å². The van der Waals surface area contributed by atoms with Gasteiger partial charge >= 0.3 is 5.97 Å². The summed E-state index contributed by atoms with van der Waals surface area (Å²) in [6, 6.07) is 29.2. The number of carbonyl (C=O) groups excluding carboxylic acids is 1. The standard InChI is InChI=1S/C29H31NO3/c31-26(30-27(28(32)33)22-13-5-1-6-14-22)21-29(23-15-7-2-8-16-23,24-17-9-3-10-18-24)25-19-11-4-12-20-25/h2-4,7-12,15-20,22,27H,1,5-6,13-14,21H2,(H,30,31)(H,32,33)/t27-/m0/s1. The summed E-state index contributed by atoms with van der Waals surface area (Å²) in [6.07, 6.45) is 4.99. The number of rotatable bonds is 8. The van der Waals surface area contributed by atoms with Crippen LogP contribution in [0.1, 0.15) is 55.2 Å². The van der Waals surface area contributed by atoms with Crippen LogP contribution in [0.25, 0.3) is 0 Å². The number of hydrogen-bond acceptors (Lipinski definition) is 2. The Morgan fingerprint density at radius 3 is 1.58 bits per heavy atom. The monoisotopic (exact) mass is 441 g/mol. The molecule has 1 saturated carbocycles. The molecule has 0 saturated heterocycles. The third-order valence-corrected chi connectivity index (χ3v) is 6.93. The fraction of sp³-hybridized carbons (Fsp3) is 0.310. The number of carboxylic acids is 1. The van der Waals surface area contributed by atoms with Crippen LogP contribution in [-0.2, 0) is 15.0 Å².